The van der Waals surface area contributed by atoms with Crippen molar-refractivity contribution in [2.75, 3.05) is 37.7 Å². The molecule has 0 radical (unpaired) electrons. The van der Waals surface area contributed by atoms with Crippen LogP contribution in [0.1, 0.15) is 10.4 Å². The Balaban J connectivity index is 1.54. The molecule has 0 saturated heterocycles. The second kappa shape index (κ2) is 10.1. The van der Waals surface area contributed by atoms with Crippen LogP contribution in [0.4, 0.5) is 10.8 Å². The minimum absolute atomic E-state index is 0.118. The number of benzene rings is 1. The number of nitrogens with one attached hydrogen (secondary N) is 2. The number of methoxy groups -OCH3 is 3. The van der Waals surface area contributed by atoms with Crippen molar-refractivity contribution in [3.63, 3.8) is 0 Å². The number of anilines is 2. The van der Waals surface area contributed by atoms with Gasteiger partial charge in [-0.25, -0.2) is 0 Å². The summed E-state index contributed by atoms with van der Waals surface area (Å²) in [6, 6.07) is 5.10. The van der Waals surface area contributed by atoms with Crippen LogP contribution in [0.25, 0.3) is 0 Å². The molecular formula is C18H20N6O5S2. The molecule has 164 valence electrons. The molecular weight excluding hydrogens is 444 g/mol. The van der Waals surface area contributed by atoms with E-state index in [0.717, 1.165) is 11.3 Å². The van der Waals surface area contributed by atoms with Crippen LogP contribution in [0.2, 0.25) is 0 Å². The number of hydrogen-bond donors (Lipinski definition) is 2. The summed E-state index contributed by atoms with van der Waals surface area (Å²) in [5.74, 6) is 0.783. The van der Waals surface area contributed by atoms with E-state index in [1.807, 2.05) is 0 Å². The highest BCUT2D eigenvalue weighted by atomic mass is 32.2. The SMILES string of the molecule is COc1ccc(NC(=O)CSc2nnc(NC(=O)c3cn(C)nc3OC)s2)cc1OC. The van der Waals surface area contributed by atoms with Crippen LogP contribution in [0.3, 0.4) is 0 Å². The Labute approximate surface area is 186 Å². The minimum atomic E-state index is -0.413. The topological polar surface area (TPSA) is 129 Å². The summed E-state index contributed by atoms with van der Waals surface area (Å²) in [4.78, 5) is 24.6. The van der Waals surface area contributed by atoms with Crippen LogP contribution < -0.4 is 24.8 Å². The van der Waals surface area contributed by atoms with Crippen molar-refractivity contribution < 1.29 is 23.8 Å². The van der Waals surface area contributed by atoms with Crippen molar-refractivity contribution in [2.24, 2.45) is 7.05 Å². The number of carbonyl (C=O) groups excluding carboxylic acids is 2. The molecule has 11 nitrogen and oxygen atoms in total. The summed E-state index contributed by atoms with van der Waals surface area (Å²) in [5, 5.41) is 17.7. The van der Waals surface area contributed by atoms with Gasteiger partial charge in [0.15, 0.2) is 15.8 Å². The van der Waals surface area contributed by atoms with Crippen LogP contribution in [0, 0.1) is 0 Å². The third-order valence-electron chi connectivity index (χ3n) is 3.85. The zero-order valence-electron chi connectivity index (χ0n) is 17.2. The maximum absolute atomic E-state index is 12.4. The van der Waals surface area contributed by atoms with E-state index >= 15 is 0 Å². The van der Waals surface area contributed by atoms with Gasteiger partial charge in [-0.05, 0) is 12.1 Å². The monoisotopic (exact) mass is 464 g/mol. The fourth-order valence-corrected chi connectivity index (χ4v) is 4.04. The number of carbonyl (C=O) groups is 2. The van der Waals surface area contributed by atoms with Crippen LogP contribution in [0.15, 0.2) is 28.7 Å². The van der Waals surface area contributed by atoms with E-state index in [-0.39, 0.29) is 23.1 Å². The van der Waals surface area contributed by atoms with Crippen molar-refractivity contribution in [2.45, 2.75) is 4.34 Å². The molecule has 0 aliphatic heterocycles. The minimum Gasteiger partial charge on any atom is -0.493 e. The number of ether oxygens (including phenoxy) is 3. The summed E-state index contributed by atoms with van der Waals surface area (Å²) < 4.78 is 17.5. The van der Waals surface area contributed by atoms with E-state index in [0.29, 0.717) is 26.7 Å². The summed E-state index contributed by atoms with van der Waals surface area (Å²) in [7, 11) is 6.19. The standard InChI is InChI=1S/C18H20N6O5S2/c1-24-8-11(16(23-24)29-4)15(26)20-17-21-22-18(31-17)30-9-14(25)19-10-5-6-12(27-2)13(7-10)28-3/h5-8H,9H2,1-4H3,(H,19,25)(H,20,21,26). The molecule has 0 aliphatic carbocycles. The molecule has 31 heavy (non-hydrogen) atoms. The highest BCUT2D eigenvalue weighted by Crippen LogP contribution is 2.30. The van der Waals surface area contributed by atoms with Gasteiger partial charge >= 0.3 is 0 Å². The highest BCUT2D eigenvalue weighted by molar-refractivity contribution is 8.01. The molecule has 0 spiro atoms. The maximum atomic E-state index is 12.4. The van der Waals surface area contributed by atoms with Crippen molar-refractivity contribution in [1.82, 2.24) is 20.0 Å². The number of nitrogens with zero attached hydrogens (tertiary/aromatic N) is 4. The first-order valence-electron chi connectivity index (χ1n) is 8.80. The van der Waals surface area contributed by atoms with Crippen molar-refractivity contribution in [3.05, 3.63) is 30.0 Å². The van der Waals surface area contributed by atoms with Gasteiger partial charge in [0.1, 0.15) is 5.56 Å². The molecule has 0 saturated carbocycles. The average Bonchev–Trinajstić information content (AvgIpc) is 3.37. The first kappa shape index (κ1) is 22.4. The Hall–Kier alpha value is -3.32. The molecule has 0 bridgehead atoms. The molecule has 1 aromatic carbocycles. The Morgan fingerprint density at radius 2 is 1.87 bits per heavy atom. The second-order valence-corrected chi connectivity index (χ2v) is 8.16. The van der Waals surface area contributed by atoms with Crippen molar-refractivity contribution >= 4 is 45.7 Å². The number of hydrogen-bond acceptors (Lipinski definition) is 10. The van der Waals surface area contributed by atoms with Gasteiger partial charge < -0.3 is 19.5 Å². The van der Waals surface area contributed by atoms with E-state index in [4.69, 9.17) is 14.2 Å². The van der Waals surface area contributed by atoms with Gasteiger partial charge in [0, 0.05) is 25.0 Å². The van der Waals surface area contributed by atoms with Gasteiger partial charge in [0.05, 0.1) is 27.1 Å². The first-order valence-corrected chi connectivity index (χ1v) is 10.6. The highest BCUT2D eigenvalue weighted by Gasteiger charge is 2.18. The van der Waals surface area contributed by atoms with E-state index in [1.165, 1.54) is 30.7 Å². The molecule has 0 aliphatic rings. The zero-order chi connectivity index (χ0) is 22.4. The van der Waals surface area contributed by atoms with Gasteiger partial charge in [0.25, 0.3) is 5.91 Å². The predicted octanol–water partition coefficient (Wildman–Crippen LogP) is 2.28. The van der Waals surface area contributed by atoms with E-state index in [9.17, 15) is 9.59 Å². The molecule has 2 N–H and O–H groups in total. The smallest absolute Gasteiger partial charge is 0.264 e. The lowest BCUT2D eigenvalue weighted by Gasteiger charge is -2.10. The van der Waals surface area contributed by atoms with Crippen molar-refractivity contribution in [3.8, 4) is 17.4 Å². The van der Waals surface area contributed by atoms with Crippen LogP contribution in [0.5, 0.6) is 17.4 Å². The summed E-state index contributed by atoms with van der Waals surface area (Å²) in [5.41, 5.74) is 0.864. The Morgan fingerprint density at radius 1 is 1.10 bits per heavy atom. The van der Waals surface area contributed by atoms with Gasteiger partial charge in [-0.15, -0.1) is 15.3 Å². The predicted molar refractivity (Wildman–Crippen MR) is 117 cm³/mol. The van der Waals surface area contributed by atoms with Crippen LogP contribution in [-0.2, 0) is 11.8 Å². The molecule has 3 aromatic rings. The summed E-state index contributed by atoms with van der Waals surface area (Å²) in [6.07, 6.45) is 1.55. The third-order valence-corrected chi connectivity index (χ3v) is 5.83. The van der Waals surface area contributed by atoms with E-state index in [1.54, 1.807) is 38.6 Å². The Morgan fingerprint density at radius 3 is 2.58 bits per heavy atom. The number of aromatic nitrogens is 4. The van der Waals surface area contributed by atoms with Gasteiger partial charge in [-0.2, -0.15) is 0 Å². The van der Waals surface area contributed by atoms with E-state index < -0.39 is 5.91 Å². The number of rotatable bonds is 9. The molecule has 2 heterocycles. The lowest BCUT2D eigenvalue weighted by molar-refractivity contribution is -0.113. The average molecular weight is 465 g/mol. The van der Waals surface area contributed by atoms with Crippen LogP contribution in [-0.4, -0.2) is 58.9 Å². The molecule has 13 heteroatoms. The number of amides is 2. The fraction of sp³-hybridized carbons (Fsp3) is 0.278. The number of thioether (sulfide) groups is 1. The van der Waals surface area contributed by atoms with E-state index in [2.05, 4.69) is 25.9 Å². The fourth-order valence-electron chi connectivity index (χ4n) is 2.50. The summed E-state index contributed by atoms with van der Waals surface area (Å²) >= 11 is 2.37. The molecule has 2 amide bonds. The Bertz CT molecular complexity index is 1080. The quantitative estimate of drug-likeness (QED) is 0.362. The number of aryl methyl sites for hydroxylation is 1. The summed E-state index contributed by atoms with van der Waals surface area (Å²) in [6.45, 7) is 0. The van der Waals surface area contributed by atoms with Gasteiger partial charge in [0.2, 0.25) is 16.9 Å². The zero-order valence-corrected chi connectivity index (χ0v) is 18.8. The lowest BCUT2D eigenvalue weighted by Crippen LogP contribution is -2.14. The first-order chi connectivity index (χ1) is 14.9. The molecule has 2 aromatic heterocycles. The lowest BCUT2D eigenvalue weighted by atomic mass is 10.2. The molecule has 3 rings (SSSR count). The molecule has 0 atom stereocenters. The van der Waals surface area contributed by atoms with Crippen LogP contribution >= 0.6 is 23.1 Å². The van der Waals surface area contributed by atoms with Gasteiger partial charge in [-0.3, -0.25) is 19.6 Å². The maximum Gasteiger partial charge on any atom is 0.264 e. The largest absolute Gasteiger partial charge is 0.493 e. The molecule has 0 unspecified atom stereocenters. The second-order valence-electron chi connectivity index (χ2n) is 5.96. The molecule has 0 fully saturated rings. The normalized spacial score (nSPS) is 10.5. The van der Waals surface area contributed by atoms with Crippen molar-refractivity contribution in [1.29, 1.82) is 0 Å². The van der Waals surface area contributed by atoms with Gasteiger partial charge in [-0.1, -0.05) is 23.1 Å². The third kappa shape index (κ3) is 5.64. The Kier molecular flexibility index (Phi) is 7.31.